The highest BCUT2D eigenvalue weighted by molar-refractivity contribution is 6.35. The summed E-state index contributed by atoms with van der Waals surface area (Å²) in [5.74, 6) is 1.52. The zero-order chi connectivity index (χ0) is 21.3. The van der Waals surface area contributed by atoms with Crippen LogP contribution in [0.2, 0.25) is 5.02 Å². The Morgan fingerprint density at radius 3 is 2.53 bits per heavy atom. The molecule has 0 radical (unpaired) electrons. The summed E-state index contributed by atoms with van der Waals surface area (Å²) in [6.07, 6.45) is 0.662. The molecule has 0 saturated heterocycles. The van der Waals surface area contributed by atoms with E-state index < -0.39 is 6.61 Å². The van der Waals surface area contributed by atoms with Crippen molar-refractivity contribution in [2.75, 3.05) is 11.1 Å². The van der Waals surface area contributed by atoms with E-state index in [1.54, 1.807) is 12.1 Å². The molecule has 2 heterocycles. The summed E-state index contributed by atoms with van der Waals surface area (Å²) in [4.78, 5) is 13.5. The van der Waals surface area contributed by atoms with Crippen LogP contribution < -0.4 is 15.8 Å². The molecule has 3 N–H and O–H groups in total. The van der Waals surface area contributed by atoms with Crippen molar-refractivity contribution in [3.63, 3.8) is 0 Å². The van der Waals surface area contributed by atoms with Gasteiger partial charge in [-0.25, -0.2) is 4.98 Å². The van der Waals surface area contributed by atoms with E-state index >= 15 is 0 Å². The van der Waals surface area contributed by atoms with E-state index in [1.165, 1.54) is 12.1 Å². The number of alkyl halides is 2. The summed E-state index contributed by atoms with van der Waals surface area (Å²) in [7, 11) is 0. The van der Waals surface area contributed by atoms with Gasteiger partial charge in [-0.15, -0.1) is 0 Å². The third kappa shape index (κ3) is 3.84. The number of nitrogen functional groups attached to an aromatic ring is 1. The van der Waals surface area contributed by atoms with Crippen molar-refractivity contribution in [3.8, 4) is 11.7 Å². The summed E-state index contributed by atoms with van der Waals surface area (Å²) in [5, 5.41) is 3.19. The van der Waals surface area contributed by atoms with E-state index in [0.29, 0.717) is 18.1 Å². The molecule has 0 fully saturated rings. The number of imidazole rings is 1. The topological polar surface area (TPSA) is 90.9 Å². The lowest BCUT2D eigenvalue weighted by molar-refractivity contribution is -0.0498. The first-order chi connectivity index (χ1) is 14.5. The SMILES string of the molecule is CCc1nc2ccccc2n1-c1nc(N)c(Cl)c(Nc2ccc(OC(F)F)cc2)n1. The van der Waals surface area contributed by atoms with Crippen LogP contribution in [0.5, 0.6) is 5.75 Å². The second kappa shape index (κ2) is 8.11. The standard InChI is InChI=1S/C20H17ClF2N6O/c1-2-15-26-13-5-3-4-6-14(13)29(15)20-27-17(24)16(21)18(28-20)25-11-7-9-12(10-8-11)30-19(22)23/h3-10,19H,2H2,1H3,(H3,24,25,27,28). The van der Waals surface area contributed by atoms with Crippen LogP contribution in [-0.2, 0) is 6.42 Å². The van der Waals surface area contributed by atoms with E-state index in [0.717, 1.165) is 16.9 Å². The first kappa shape index (κ1) is 19.8. The molecule has 0 aliphatic heterocycles. The van der Waals surface area contributed by atoms with Gasteiger partial charge in [0.05, 0.1) is 11.0 Å². The minimum atomic E-state index is -2.89. The number of para-hydroxylation sites is 2. The van der Waals surface area contributed by atoms with Crippen molar-refractivity contribution < 1.29 is 13.5 Å². The number of nitrogens with two attached hydrogens (primary N) is 1. The summed E-state index contributed by atoms with van der Waals surface area (Å²) in [6, 6.07) is 13.6. The Kier molecular flexibility index (Phi) is 5.37. The molecule has 0 unspecified atom stereocenters. The maximum atomic E-state index is 12.3. The van der Waals surface area contributed by atoms with Crippen molar-refractivity contribution in [2.45, 2.75) is 20.0 Å². The fourth-order valence-electron chi connectivity index (χ4n) is 3.03. The summed E-state index contributed by atoms with van der Waals surface area (Å²) >= 11 is 6.31. The molecule has 0 saturated carbocycles. The van der Waals surface area contributed by atoms with E-state index in [4.69, 9.17) is 17.3 Å². The zero-order valence-electron chi connectivity index (χ0n) is 15.8. The summed E-state index contributed by atoms with van der Waals surface area (Å²) in [5.41, 5.74) is 8.26. The fourth-order valence-corrected chi connectivity index (χ4v) is 3.16. The Hall–Kier alpha value is -3.46. The first-order valence-electron chi connectivity index (χ1n) is 9.08. The van der Waals surface area contributed by atoms with Gasteiger partial charge in [0.15, 0.2) is 5.82 Å². The van der Waals surface area contributed by atoms with Crippen LogP contribution >= 0.6 is 11.6 Å². The lowest BCUT2D eigenvalue weighted by Gasteiger charge is -2.13. The van der Waals surface area contributed by atoms with Gasteiger partial charge in [0.25, 0.3) is 0 Å². The number of anilines is 3. The second-order valence-electron chi connectivity index (χ2n) is 6.31. The minimum Gasteiger partial charge on any atom is -0.435 e. The number of fused-ring (bicyclic) bond motifs is 1. The lowest BCUT2D eigenvalue weighted by Crippen LogP contribution is -2.10. The van der Waals surface area contributed by atoms with E-state index in [-0.39, 0.29) is 22.4 Å². The van der Waals surface area contributed by atoms with Crippen molar-refractivity contribution in [1.29, 1.82) is 0 Å². The average molecular weight is 431 g/mol. The van der Waals surface area contributed by atoms with Gasteiger partial charge in [-0.3, -0.25) is 4.57 Å². The van der Waals surface area contributed by atoms with E-state index in [1.807, 2.05) is 35.8 Å². The van der Waals surface area contributed by atoms with Crippen LogP contribution in [0, 0.1) is 0 Å². The van der Waals surface area contributed by atoms with Gasteiger partial charge >= 0.3 is 6.61 Å². The molecule has 7 nitrogen and oxygen atoms in total. The molecule has 2 aromatic carbocycles. The molecule has 0 bridgehead atoms. The Bertz CT molecular complexity index is 1200. The van der Waals surface area contributed by atoms with Gasteiger partial charge in [0, 0.05) is 12.1 Å². The number of ether oxygens (including phenoxy) is 1. The van der Waals surface area contributed by atoms with Gasteiger partial charge in [-0.05, 0) is 36.4 Å². The molecular formula is C20H17ClF2N6O. The molecule has 4 rings (SSSR count). The Morgan fingerprint density at radius 1 is 1.10 bits per heavy atom. The maximum Gasteiger partial charge on any atom is 0.387 e. The molecule has 154 valence electrons. The van der Waals surface area contributed by atoms with Crippen LogP contribution in [0.25, 0.3) is 17.0 Å². The second-order valence-corrected chi connectivity index (χ2v) is 6.68. The van der Waals surface area contributed by atoms with E-state index in [9.17, 15) is 8.78 Å². The summed E-state index contributed by atoms with van der Waals surface area (Å²) in [6.45, 7) is -0.903. The quantitative estimate of drug-likeness (QED) is 0.449. The minimum absolute atomic E-state index is 0.0435. The highest BCUT2D eigenvalue weighted by atomic mass is 35.5. The van der Waals surface area contributed by atoms with Crippen molar-refractivity contribution in [1.82, 2.24) is 19.5 Å². The summed E-state index contributed by atoms with van der Waals surface area (Å²) < 4.78 is 30.8. The average Bonchev–Trinajstić information content (AvgIpc) is 3.11. The van der Waals surface area contributed by atoms with Gasteiger partial charge in [0.2, 0.25) is 5.95 Å². The number of benzene rings is 2. The molecule has 0 spiro atoms. The third-order valence-corrected chi connectivity index (χ3v) is 4.73. The largest absolute Gasteiger partial charge is 0.435 e. The number of nitrogens with one attached hydrogen (secondary N) is 1. The molecular weight excluding hydrogens is 414 g/mol. The number of hydrogen-bond acceptors (Lipinski definition) is 6. The zero-order valence-corrected chi connectivity index (χ0v) is 16.6. The maximum absolute atomic E-state index is 12.3. The molecule has 30 heavy (non-hydrogen) atoms. The van der Waals surface area contributed by atoms with Crippen LogP contribution in [0.4, 0.5) is 26.1 Å². The van der Waals surface area contributed by atoms with Crippen molar-refractivity contribution >= 4 is 40.0 Å². The number of aromatic nitrogens is 4. The van der Waals surface area contributed by atoms with Crippen LogP contribution in [-0.4, -0.2) is 26.1 Å². The number of rotatable bonds is 6. The fraction of sp³-hybridized carbons (Fsp3) is 0.150. The van der Waals surface area contributed by atoms with Crippen LogP contribution in [0.1, 0.15) is 12.7 Å². The predicted molar refractivity (Wildman–Crippen MR) is 112 cm³/mol. The highest BCUT2D eigenvalue weighted by Crippen LogP contribution is 2.31. The lowest BCUT2D eigenvalue weighted by atomic mass is 10.3. The number of aryl methyl sites for hydroxylation is 1. The Morgan fingerprint density at radius 2 is 1.83 bits per heavy atom. The van der Waals surface area contributed by atoms with E-state index in [2.05, 4.69) is 25.0 Å². The first-order valence-corrected chi connectivity index (χ1v) is 9.45. The molecule has 4 aromatic rings. The smallest absolute Gasteiger partial charge is 0.387 e. The Labute approximate surface area is 175 Å². The monoisotopic (exact) mass is 430 g/mol. The number of hydrogen-bond donors (Lipinski definition) is 2. The van der Waals surface area contributed by atoms with Gasteiger partial charge in [-0.2, -0.15) is 18.7 Å². The van der Waals surface area contributed by atoms with Crippen molar-refractivity contribution in [2.24, 2.45) is 0 Å². The molecule has 2 aromatic heterocycles. The van der Waals surface area contributed by atoms with Gasteiger partial charge < -0.3 is 15.8 Å². The molecule has 10 heteroatoms. The Balaban J connectivity index is 1.74. The van der Waals surface area contributed by atoms with Gasteiger partial charge in [0.1, 0.15) is 22.4 Å². The molecule has 0 aliphatic rings. The molecule has 0 aliphatic carbocycles. The third-order valence-electron chi connectivity index (χ3n) is 4.35. The van der Waals surface area contributed by atoms with Crippen molar-refractivity contribution in [3.05, 3.63) is 59.4 Å². The highest BCUT2D eigenvalue weighted by Gasteiger charge is 2.17. The number of nitrogens with zero attached hydrogens (tertiary/aromatic N) is 4. The van der Waals surface area contributed by atoms with Crippen LogP contribution in [0.15, 0.2) is 48.5 Å². The van der Waals surface area contributed by atoms with Crippen LogP contribution in [0.3, 0.4) is 0 Å². The number of halogens is 3. The molecule has 0 amide bonds. The normalized spacial score (nSPS) is 11.2. The van der Waals surface area contributed by atoms with Gasteiger partial charge in [-0.1, -0.05) is 30.7 Å². The molecule has 0 atom stereocenters. The predicted octanol–water partition coefficient (Wildman–Crippen LogP) is 4.96.